The van der Waals surface area contributed by atoms with E-state index in [2.05, 4.69) is 11.4 Å². The van der Waals surface area contributed by atoms with E-state index in [0.29, 0.717) is 6.54 Å². The van der Waals surface area contributed by atoms with E-state index in [1.54, 1.807) is 0 Å². The zero-order valence-electron chi connectivity index (χ0n) is 9.47. The van der Waals surface area contributed by atoms with Crippen molar-refractivity contribution in [1.29, 1.82) is 0 Å². The first-order valence-corrected chi connectivity index (χ1v) is 5.73. The Bertz CT molecular complexity index is 196. The van der Waals surface area contributed by atoms with Crippen LogP contribution in [0.15, 0.2) is 11.6 Å². The fourth-order valence-corrected chi connectivity index (χ4v) is 2.14. The monoisotopic (exact) mass is 197 g/mol. The molecule has 0 saturated heterocycles. The SMILES string of the molecule is CNCC(C)(O)C1=CCCCCCC1. The highest BCUT2D eigenvalue weighted by Crippen LogP contribution is 2.25. The van der Waals surface area contributed by atoms with Gasteiger partial charge >= 0.3 is 0 Å². The predicted octanol–water partition coefficient (Wildman–Crippen LogP) is 2.24. The lowest BCUT2D eigenvalue weighted by Crippen LogP contribution is -2.38. The van der Waals surface area contributed by atoms with Crippen LogP contribution in [0.2, 0.25) is 0 Å². The number of allylic oxidation sites excluding steroid dienone is 1. The van der Waals surface area contributed by atoms with Crippen molar-refractivity contribution in [2.75, 3.05) is 13.6 Å². The third kappa shape index (κ3) is 3.43. The molecule has 82 valence electrons. The summed E-state index contributed by atoms with van der Waals surface area (Å²) in [6.07, 6.45) is 9.61. The van der Waals surface area contributed by atoms with Crippen LogP contribution in [0.25, 0.3) is 0 Å². The minimum atomic E-state index is -0.647. The molecular weight excluding hydrogens is 174 g/mol. The maximum Gasteiger partial charge on any atom is 0.0952 e. The third-order valence-corrected chi connectivity index (χ3v) is 3.00. The highest BCUT2D eigenvalue weighted by atomic mass is 16.3. The summed E-state index contributed by atoms with van der Waals surface area (Å²) < 4.78 is 0. The Labute approximate surface area is 87.4 Å². The molecule has 2 heteroatoms. The second-order valence-corrected chi connectivity index (χ2v) is 4.49. The van der Waals surface area contributed by atoms with Gasteiger partial charge in [-0.25, -0.2) is 0 Å². The van der Waals surface area contributed by atoms with Crippen LogP contribution >= 0.6 is 0 Å². The summed E-state index contributed by atoms with van der Waals surface area (Å²) in [5, 5.41) is 13.3. The average molecular weight is 197 g/mol. The van der Waals surface area contributed by atoms with E-state index in [-0.39, 0.29) is 0 Å². The van der Waals surface area contributed by atoms with Gasteiger partial charge in [-0.1, -0.05) is 18.9 Å². The molecule has 1 aliphatic carbocycles. The van der Waals surface area contributed by atoms with E-state index in [1.807, 2.05) is 14.0 Å². The smallest absolute Gasteiger partial charge is 0.0952 e. The van der Waals surface area contributed by atoms with Gasteiger partial charge < -0.3 is 10.4 Å². The molecule has 1 atom stereocenters. The highest BCUT2D eigenvalue weighted by molar-refractivity contribution is 5.16. The van der Waals surface area contributed by atoms with Gasteiger partial charge in [-0.15, -0.1) is 0 Å². The lowest BCUT2D eigenvalue weighted by Gasteiger charge is -2.27. The quantitative estimate of drug-likeness (QED) is 0.680. The number of hydrogen-bond donors (Lipinski definition) is 2. The highest BCUT2D eigenvalue weighted by Gasteiger charge is 2.24. The third-order valence-electron chi connectivity index (χ3n) is 3.00. The first kappa shape index (κ1) is 11.7. The minimum Gasteiger partial charge on any atom is -0.384 e. The maximum atomic E-state index is 10.2. The summed E-state index contributed by atoms with van der Waals surface area (Å²) in [5.74, 6) is 0. The molecule has 1 unspecified atom stereocenters. The maximum absolute atomic E-state index is 10.2. The Morgan fingerprint density at radius 2 is 2.07 bits per heavy atom. The zero-order valence-corrected chi connectivity index (χ0v) is 9.47. The summed E-state index contributed by atoms with van der Waals surface area (Å²) in [6.45, 7) is 2.57. The van der Waals surface area contributed by atoms with Gasteiger partial charge in [0.2, 0.25) is 0 Å². The number of likely N-dealkylation sites (N-methyl/N-ethyl adjacent to an activating group) is 1. The molecule has 0 bridgehead atoms. The minimum absolute atomic E-state index is 0.647. The molecule has 0 spiro atoms. The molecule has 14 heavy (non-hydrogen) atoms. The van der Waals surface area contributed by atoms with Crippen LogP contribution in [-0.4, -0.2) is 24.3 Å². The predicted molar refractivity (Wildman–Crippen MR) is 60.3 cm³/mol. The molecule has 2 nitrogen and oxygen atoms in total. The average Bonchev–Trinajstić information content (AvgIpc) is 2.01. The van der Waals surface area contributed by atoms with Gasteiger partial charge in [0.1, 0.15) is 0 Å². The molecule has 0 aromatic carbocycles. The largest absolute Gasteiger partial charge is 0.384 e. The Balaban J connectivity index is 2.61. The second kappa shape index (κ2) is 5.52. The van der Waals surface area contributed by atoms with Crippen molar-refractivity contribution in [2.45, 2.75) is 51.0 Å². The molecule has 0 radical (unpaired) electrons. The van der Waals surface area contributed by atoms with Gasteiger partial charge in [-0.3, -0.25) is 0 Å². The molecule has 1 aliphatic rings. The Morgan fingerprint density at radius 1 is 1.36 bits per heavy atom. The molecule has 0 aromatic heterocycles. The Morgan fingerprint density at radius 3 is 2.79 bits per heavy atom. The number of rotatable bonds is 3. The first-order chi connectivity index (χ1) is 6.67. The zero-order chi connectivity index (χ0) is 10.4. The Kier molecular flexibility index (Phi) is 4.63. The van der Waals surface area contributed by atoms with E-state index < -0.39 is 5.60 Å². The molecule has 1 rings (SSSR count). The van der Waals surface area contributed by atoms with Crippen LogP contribution < -0.4 is 5.32 Å². The lowest BCUT2D eigenvalue weighted by atomic mass is 9.88. The first-order valence-electron chi connectivity index (χ1n) is 5.73. The standard InChI is InChI=1S/C12H23NO/c1-12(14,10-13-2)11-8-6-4-3-5-7-9-11/h8,13-14H,3-7,9-10H2,1-2H3. The van der Waals surface area contributed by atoms with E-state index >= 15 is 0 Å². The molecular formula is C12H23NO. The van der Waals surface area contributed by atoms with Gasteiger partial charge in [-0.05, 0) is 45.2 Å². The van der Waals surface area contributed by atoms with Gasteiger partial charge in [0.05, 0.1) is 5.60 Å². The summed E-state index contributed by atoms with van der Waals surface area (Å²) in [5.41, 5.74) is 0.582. The molecule has 0 aliphatic heterocycles. The van der Waals surface area contributed by atoms with Crippen LogP contribution in [0.1, 0.15) is 45.4 Å². The molecule has 0 aromatic rings. The summed E-state index contributed by atoms with van der Waals surface area (Å²) in [4.78, 5) is 0. The van der Waals surface area contributed by atoms with Crippen LogP contribution in [0, 0.1) is 0 Å². The van der Waals surface area contributed by atoms with Crippen molar-refractivity contribution in [1.82, 2.24) is 5.32 Å². The summed E-state index contributed by atoms with van der Waals surface area (Å²) in [7, 11) is 1.89. The van der Waals surface area contributed by atoms with Crippen molar-refractivity contribution < 1.29 is 5.11 Å². The molecule has 0 fully saturated rings. The van der Waals surface area contributed by atoms with Gasteiger partial charge in [0, 0.05) is 6.54 Å². The van der Waals surface area contributed by atoms with Crippen molar-refractivity contribution >= 4 is 0 Å². The Hall–Kier alpha value is -0.340. The topological polar surface area (TPSA) is 32.3 Å². The van der Waals surface area contributed by atoms with E-state index in [0.717, 1.165) is 12.8 Å². The fourth-order valence-electron chi connectivity index (χ4n) is 2.14. The van der Waals surface area contributed by atoms with E-state index in [4.69, 9.17) is 0 Å². The van der Waals surface area contributed by atoms with E-state index in [1.165, 1.54) is 31.3 Å². The second-order valence-electron chi connectivity index (χ2n) is 4.49. The normalized spacial score (nSPS) is 23.2. The number of nitrogens with one attached hydrogen (secondary N) is 1. The summed E-state index contributed by atoms with van der Waals surface area (Å²) >= 11 is 0. The molecule has 0 saturated carbocycles. The fraction of sp³-hybridized carbons (Fsp3) is 0.833. The molecule has 0 amide bonds. The lowest BCUT2D eigenvalue weighted by molar-refractivity contribution is 0.0949. The van der Waals surface area contributed by atoms with Crippen molar-refractivity contribution in [3.05, 3.63) is 11.6 Å². The van der Waals surface area contributed by atoms with Crippen molar-refractivity contribution in [3.8, 4) is 0 Å². The van der Waals surface area contributed by atoms with Crippen LogP contribution in [0.3, 0.4) is 0 Å². The van der Waals surface area contributed by atoms with E-state index in [9.17, 15) is 5.11 Å². The van der Waals surface area contributed by atoms with Gasteiger partial charge in [-0.2, -0.15) is 0 Å². The van der Waals surface area contributed by atoms with Gasteiger partial charge in [0.15, 0.2) is 0 Å². The van der Waals surface area contributed by atoms with Crippen LogP contribution in [0.4, 0.5) is 0 Å². The van der Waals surface area contributed by atoms with Crippen molar-refractivity contribution in [3.63, 3.8) is 0 Å². The van der Waals surface area contributed by atoms with Crippen LogP contribution in [0.5, 0.6) is 0 Å². The van der Waals surface area contributed by atoms with Crippen LogP contribution in [-0.2, 0) is 0 Å². The number of aliphatic hydroxyl groups is 1. The summed E-state index contributed by atoms with van der Waals surface area (Å²) in [6, 6.07) is 0. The van der Waals surface area contributed by atoms with Crippen molar-refractivity contribution in [2.24, 2.45) is 0 Å². The van der Waals surface area contributed by atoms with Gasteiger partial charge in [0.25, 0.3) is 0 Å². The molecule has 2 N–H and O–H groups in total. The number of hydrogen-bond acceptors (Lipinski definition) is 2. The molecule has 0 heterocycles.